The molecular formula is C52H35N. The highest BCUT2D eigenvalue weighted by Gasteiger charge is 2.21. The minimum atomic E-state index is 1.11. The van der Waals surface area contributed by atoms with Crippen LogP contribution in [0.3, 0.4) is 0 Å². The number of anilines is 3. The average molecular weight is 674 g/mol. The summed E-state index contributed by atoms with van der Waals surface area (Å²) >= 11 is 0. The lowest BCUT2D eigenvalue weighted by molar-refractivity contribution is 1.32. The maximum atomic E-state index is 2.47. The molecule has 0 bridgehead atoms. The first-order chi connectivity index (χ1) is 26.3. The van der Waals surface area contributed by atoms with E-state index in [1.165, 1.54) is 76.5 Å². The zero-order valence-corrected chi connectivity index (χ0v) is 29.2. The van der Waals surface area contributed by atoms with Gasteiger partial charge in [-0.15, -0.1) is 0 Å². The van der Waals surface area contributed by atoms with E-state index in [1.54, 1.807) is 0 Å². The fraction of sp³-hybridized carbons (Fsp3) is 0. The Hall–Kier alpha value is -6.96. The van der Waals surface area contributed by atoms with Crippen LogP contribution in [0.25, 0.3) is 76.5 Å². The molecule has 1 nitrogen and oxygen atoms in total. The molecule has 0 amide bonds. The highest BCUT2D eigenvalue weighted by Crippen LogP contribution is 2.46. The van der Waals surface area contributed by atoms with Gasteiger partial charge < -0.3 is 4.90 Å². The van der Waals surface area contributed by atoms with E-state index in [4.69, 9.17) is 0 Å². The molecule has 0 aliphatic carbocycles. The summed E-state index contributed by atoms with van der Waals surface area (Å²) in [6.07, 6.45) is 0. The van der Waals surface area contributed by atoms with Gasteiger partial charge in [-0.3, -0.25) is 0 Å². The van der Waals surface area contributed by atoms with E-state index < -0.39 is 0 Å². The molecule has 0 unspecified atom stereocenters. The van der Waals surface area contributed by atoms with Crippen LogP contribution in [0.1, 0.15) is 0 Å². The molecule has 0 aliphatic rings. The second kappa shape index (κ2) is 13.0. The minimum absolute atomic E-state index is 1.11. The Bertz CT molecular complexity index is 2810. The second-order valence-corrected chi connectivity index (χ2v) is 13.7. The van der Waals surface area contributed by atoms with Gasteiger partial charge in [-0.25, -0.2) is 0 Å². The predicted octanol–water partition coefficient (Wildman–Crippen LogP) is 14.8. The maximum absolute atomic E-state index is 2.47. The van der Waals surface area contributed by atoms with Crippen LogP contribution in [0.15, 0.2) is 212 Å². The van der Waals surface area contributed by atoms with Gasteiger partial charge >= 0.3 is 0 Å². The van der Waals surface area contributed by atoms with E-state index in [0.717, 1.165) is 17.1 Å². The van der Waals surface area contributed by atoms with Crippen molar-refractivity contribution in [1.82, 2.24) is 0 Å². The summed E-state index contributed by atoms with van der Waals surface area (Å²) in [5.41, 5.74) is 10.7. The largest absolute Gasteiger partial charge is 0.309 e. The molecule has 0 N–H and O–H groups in total. The summed E-state index contributed by atoms with van der Waals surface area (Å²) in [6, 6.07) is 77.3. The SMILES string of the molecule is c1ccc(-c2ccc(-c3ccc(N(c4cc5ccccc5c5ccccc45)c4cc5ccccc5c5ccccc45)cc3)cc2-c2ccccc2)cc1. The number of hydrogen-bond acceptors (Lipinski definition) is 1. The first-order valence-corrected chi connectivity index (χ1v) is 18.3. The highest BCUT2D eigenvalue weighted by atomic mass is 15.1. The second-order valence-electron chi connectivity index (χ2n) is 13.7. The molecule has 53 heavy (non-hydrogen) atoms. The van der Waals surface area contributed by atoms with Crippen LogP contribution in [0.5, 0.6) is 0 Å². The third kappa shape index (κ3) is 5.42. The summed E-state index contributed by atoms with van der Waals surface area (Å²) in [6.45, 7) is 0. The molecule has 0 spiro atoms. The van der Waals surface area contributed by atoms with Crippen molar-refractivity contribution in [3.8, 4) is 33.4 Å². The van der Waals surface area contributed by atoms with Crippen molar-refractivity contribution in [2.45, 2.75) is 0 Å². The normalized spacial score (nSPS) is 11.4. The Morgan fingerprint density at radius 3 is 1.19 bits per heavy atom. The first kappa shape index (κ1) is 30.8. The third-order valence-electron chi connectivity index (χ3n) is 10.6. The average Bonchev–Trinajstić information content (AvgIpc) is 3.24. The van der Waals surface area contributed by atoms with Gasteiger partial charge in [-0.2, -0.15) is 0 Å². The number of fused-ring (bicyclic) bond motifs is 6. The molecule has 0 atom stereocenters. The molecule has 0 saturated carbocycles. The monoisotopic (exact) mass is 673 g/mol. The van der Waals surface area contributed by atoms with Crippen molar-refractivity contribution >= 4 is 60.2 Å². The molecular weight excluding hydrogens is 639 g/mol. The fourth-order valence-corrected chi connectivity index (χ4v) is 8.10. The van der Waals surface area contributed by atoms with E-state index >= 15 is 0 Å². The predicted molar refractivity (Wildman–Crippen MR) is 227 cm³/mol. The van der Waals surface area contributed by atoms with Crippen LogP contribution in [0.4, 0.5) is 17.1 Å². The summed E-state index contributed by atoms with van der Waals surface area (Å²) in [4.78, 5) is 2.47. The van der Waals surface area contributed by atoms with Crippen LogP contribution in [0.2, 0.25) is 0 Å². The maximum Gasteiger partial charge on any atom is 0.0546 e. The van der Waals surface area contributed by atoms with Crippen molar-refractivity contribution in [1.29, 1.82) is 0 Å². The van der Waals surface area contributed by atoms with Gasteiger partial charge in [0.05, 0.1) is 11.4 Å². The van der Waals surface area contributed by atoms with Crippen LogP contribution in [0, 0.1) is 0 Å². The molecule has 1 heteroatoms. The Labute approximate surface area is 309 Å². The van der Waals surface area contributed by atoms with E-state index in [0.29, 0.717) is 0 Å². The van der Waals surface area contributed by atoms with E-state index in [1.807, 2.05) is 0 Å². The van der Waals surface area contributed by atoms with Crippen LogP contribution >= 0.6 is 0 Å². The minimum Gasteiger partial charge on any atom is -0.309 e. The smallest absolute Gasteiger partial charge is 0.0546 e. The lowest BCUT2D eigenvalue weighted by Gasteiger charge is -2.29. The lowest BCUT2D eigenvalue weighted by atomic mass is 9.91. The zero-order chi connectivity index (χ0) is 35.1. The molecule has 248 valence electrons. The van der Waals surface area contributed by atoms with Crippen molar-refractivity contribution in [3.05, 3.63) is 212 Å². The molecule has 0 radical (unpaired) electrons. The van der Waals surface area contributed by atoms with Gasteiger partial charge in [0.2, 0.25) is 0 Å². The Kier molecular flexibility index (Phi) is 7.55. The van der Waals surface area contributed by atoms with Crippen LogP contribution in [-0.4, -0.2) is 0 Å². The molecule has 0 fully saturated rings. The number of hydrogen-bond donors (Lipinski definition) is 0. The summed E-state index contributed by atoms with van der Waals surface area (Å²) in [5, 5.41) is 9.91. The molecule has 10 aromatic rings. The molecule has 10 rings (SSSR count). The number of benzene rings is 10. The standard InChI is InChI=1S/C52H35N/c1-3-15-37(16-4-1)45-32-29-39(33-50(45)38-17-5-2-6-18-38)36-27-30-42(31-28-36)53(51-34-40-19-7-9-21-43(40)46-23-11-13-25-48(46)51)52-35-41-20-8-10-22-44(41)47-24-12-14-26-49(47)52/h1-35H. The van der Waals surface area contributed by atoms with Crippen molar-refractivity contribution < 1.29 is 0 Å². The Balaban J connectivity index is 1.18. The highest BCUT2D eigenvalue weighted by molar-refractivity contribution is 6.18. The number of nitrogens with zero attached hydrogens (tertiary/aromatic N) is 1. The quantitative estimate of drug-likeness (QED) is 0.159. The molecule has 0 aromatic heterocycles. The molecule has 10 aromatic carbocycles. The third-order valence-corrected chi connectivity index (χ3v) is 10.6. The Morgan fingerprint density at radius 2 is 0.660 bits per heavy atom. The van der Waals surface area contributed by atoms with Crippen LogP contribution in [-0.2, 0) is 0 Å². The van der Waals surface area contributed by atoms with E-state index in [9.17, 15) is 0 Å². The molecule has 0 saturated heterocycles. The van der Waals surface area contributed by atoms with Gasteiger partial charge in [0, 0.05) is 16.5 Å². The molecule has 0 aliphatic heterocycles. The van der Waals surface area contributed by atoms with Gasteiger partial charge in [-0.05, 0) is 96.0 Å². The lowest BCUT2D eigenvalue weighted by Crippen LogP contribution is -2.11. The van der Waals surface area contributed by atoms with Crippen molar-refractivity contribution in [3.63, 3.8) is 0 Å². The first-order valence-electron chi connectivity index (χ1n) is 18.3. The van der Waals surface area contributed by atoms with Crippen molar-refractivity contribution in [2.75, 3.05) is 4.90 Å². The van der Waals surface area contributed by atoms with Gasteiger partial charge in [0.15, 0.2) is 0 Å². The summed E-state index contributed by atoms with van der Waals surface area (Å²) in [7, 11) is 0. The van der Waals surface area contributed by atoms with E-state index in [-0.39, 0.29) is 0 Å². The van der Waals surface area contributed by atoms with Crippen molar-refractivity contribution in [2.24, 2.45) is 0 Å². The van der Waals surface area contributed by atoms with Gasteiger partial charge in [-0.1, -0.05) is 182 Å². The number of rotatable bonds is 6. The summed E-state index contributed by atoms with van der Waals surface area (Å²) in [5.74, 6) is 0. The van der Waals surface area contributed by atoms with Gasteiger partial charge in [0.25, 0.3) is 0 Å². The molecule has 0 heterocycles. The topological polar surface area (TPSA) is 3.24 Å². The Morgan fingerprint density at radius 1 is 0.245 bits per heavy atom. The zero-order valence-electron chi connectivity index (χ0n) is 29.2. The van der Waals surface area contributed by atoms with Gasteiger partial charge in [0.1, 0.15) is 0 Å². The fourth-order valence-electron chi connectivity index (χ4n) is 8.10. The van der Waals surface area contributed by atoms with Crippen LogP contribution < -0.4 is 4.90 Å². The summed E-state index contributed by atoms with van der Waals surface area (Å²) < 4.78 is 0. The van der Waals surface area contributed by atoms with E-state index in [2.05, 4.69) is 217 Å².